The number of rotatable bonds is 7. The highest BCUT2D eigenvalue weighted by Crippen LogP contribution is 2.29. The van der Waals surface area contributed by atoms with E-state index in [-0.39, 0.29) is 11.8 Å². The van der Waals surface area contributed by atoms with E-state index >= 15 is 0 Å². The number of para-hydroxylation sites is 1. The van der Waals surface area contributed by atoms with Gasteiger partial charge in [0.1, 0.15) is 6.04 Å². The molecule has 1 saturated carbocycles. The van der Waals surface area contributed by atoms with Crippen LogP contribution in [-0.4, -0.2) is 52.7 Å². The first-order valence-electron chi connectivity index (χ1n) is 10.8. The van der Waals surface area contributed by atoms with E-state index in [0.29, 0.717) is 6.04 Å². The maximum atomic E-state index is 12.3. The molecule has 1 amide bonds. The lowest BCUT2D eigenvalue weighted by molar-refractivity contribution is -0.931. The third-order valence-corrected chi connectivity index (χ3v) is 6.26. The van der Waals surface area contributed by atoms with Gasteiger partial charge in [-0.3, -0.25) is 4.79 Å². The molecule has 29 heavy (non-hydrogen) atoms. The van der Waals surface area contributed by atoms with Crippen molar-refractivity contribution in [2.24, 2.45) is 5.92 Å². The van der Waals surface area contributed by atoms with Gasteiger partial charge in [0.25, 0.3) is 0 Å². The van der Waals surface area contributed by atoms with Crippen molar-refractivity contribution in [2.75, 3.05) is 56.6 Å². The molecule has 4 rings (SSSR count). The fourth-order valence-corrected chi connectivity index (χ4v) is 4.23. The summed E-state index contributed by atoms with van der Waals surface area (Å²) in [5.41, 5.74) is 3.83. The van der Waals surface area contributed by atoms with Crippen molar-refractivity contribution in [3.05, 3.63) is 60.2 Å². The average Bonchev–Trinajstić information content (AvgIpc) is 3.61. The first kappa shape index (κ1) is 19.8. The summed E-state index contributed by atoms with van der Waals surface area (Å²) >= 11 is 0. The standard InChI is InChI=1S/C24H32N4O/c1-26(2)21-12-10-19(11-13-21)23(18-25-24(29)20-8-9-20)28-16-14-27(15-17-28)22-6-4-3-5-7-22/h3-7,10-13,20,23H,8-9,14-18H2,1-2H3,(H,25,29)/p+1/t23-/m0/s1. The van der Waals surface area contributed by atoms with E-state index in [2.05, 4.69) is 83.8 Å². The Kier molecular flexibility index (Phi) is 6.05. The lowest BCUT2D eigenvalue weighted by Crippen LogP contribution is -3.15. The molecule has 0 radical (unpaired) electrons. The first-order valence-corrected chi connectivity index (χ1v) is 10.8. The third kappa shape index (κ3) is 4.91. The Labute approximate surface area is 174 Å². The van der Waals surface area contributed by atoms with E-state index in [4.69, 9.17) is 0 Å². The zero-order valence-corrected chi connectivity index (χ0v) is 17.6. The van der Waals surface area contributed by atoms with E-state index in [9.17, 15) is 4.79 Å². The fraction of sp³-hybridized carbons (Fsp3) is 0.458. The van der Waals surface area contributed by atoms with E-state index in [0.717, 1.165) is 45.6 Å². The number of nitrogens with one attached hydrogen (secondary N) is 2. The first-order chi connectivity index (χ1) is 14.1. The van der Waals surface area contributed by atoms with Gasteiger partial charge < -0.3 is 20.0 Å². The second-order valence-electron chi connectivity index (χ2n) is 8.54. The summed E-state index contributed by atoms with van der Waals surface area (Å²) in [6.45, 7) is 4.96. The van der Waals surface area contributed by atoms with Gasteiger partial charge in [-0.1, -0.05) is 30.3 Å². The molecule has 2 aliphatic rings. The second-order valence-corrected chi connectivity index (χ2v) is 8.54. The number of hydrogen-bond acceptors (Lipinski definition) is 3. The minimum atomic E-state index is 0.238. The molecule has 0 aromatic heterocycles. The van der Waals surface area contributed by atoms with E-state index in [1.54, 1.807) is 4.90 Å². The molecule has 1 heterocycles. The van der Waals surface area contributed by atoms with E-state index < -0.39 is 0 Å². The van der Waals surface area contributed by atoms with Gasteiger partial charge in [0, 0.05) is 37.0 Å². The second kappa shape index (κ2) is 8.87. The van der Waals surface area contributed by atoms with Crippen LogP contribution in [-0.2, 0) is 4.79 Å². The lowest BCUT2D eigenvalue weighted by Gasteiger charge is -2.38. The SMILES string of the molecule is CN(C)c1ccc([C@H](CNC(=O)C2CC2)[NH+]2CCN(c3ccccc3)CC2)cc1. The Morgan fingerprint density at radius 3 is 2.31 bits per heavy atom. The third-order valence-electron chi connectivity index (χ3n) is 6.26. The number of amides is 1. The normalized spacial score (nSPS) is 18.3. The lowest BCUT2D eigenvalue weighted by atomic mass is 10.0. The van der Waals surface area contributed by atoms with Crippen molar-refractivity contribution in [2.45, 2.75) is 18.9 Å². The van der Waals surface area contributed by atoms with Gasteiger partial charge in [-0.25, -0.2) is 0 Å². The Bertz CT molecular complexity index is 793. The van der Waals surface area contributed by atoms with Crippen LogP contribution in [0.3, 0.4) is 0 Å². The maximum absolute atomic E-state index is 12.3. The van der Waals surface area contributed by atoms with Crippen molar-refractivity contribution in [3.8, 4) is 0 Å². The topological polar surface area (TPSA) is 40.0 Å². The van der Waals surface area contributed by atoms with Crippen molar-refractivity contribution in [3.63, 3.8) is 0 Å². The molecular weight excluding hydrogens is 360 g/mol. The number of hydrogen-bond donors (Lipinski definition) is 2. The van der Waals surface area contributed by atoms with Gasteiger partial charge in [-0.05, 0) is 37.1 Å². The summed E-state index contributed by atoms with van der Waals surface area (Å²) in [5, 5.41) is 3.24. The Balaban J connectivity index is 1.45. The van der Waals surface area contributed by atoms with Crippen molar-refractivity contribution >= 4 is 17.3 Å². The number of piperazine rings is 1. The number of anilines is 2. The van der Waals surface area contributed by atoms with Gasteiger partial charge in [-0.2, -0.15) is 0 Å². The predicted molar refractivity (Wildman–Crippen MR) is 119 cm³/mol. The van der Waals surface area contributed by atoms with Gasteiger partial charge in [-0.15, -0.1) is 0 Å². The summed E-state index contributed by atoms with van der Waals surface area (Å²) in [6.07, 6.45) is 2.10. The molecule has 0 bridgehead atoms. The summed E-state index contributed by atoms with van der Waals surface area (Å²) in [5.74, 6) is 0.499. The molecule has 2 N–H and O–H groups in total. The monoisotopic (exact) mass is 393 g/mol. The quantitative estimate of drug-likeness (QED) is 0.753. The minimum Gasteiger partial charge on any atom is -0.378 e. The molecule has 1 atom stereocenters. The van der Waals surface area contributed by atoms with Gasteiger partial charge in [0.05, 0.1) is 32.7 Å². The minimum absolute atomic E-state index is 0.238. The van der Waals surface area contributed by atoms with Crippen molar-refractivity contribution in [1.29, 1.82) is 0 Å². The van der Waals surface area contributed by atoms with Gasteiger partial charge in [0.2, 0.25) is 5.91 Å². The summed E-state index contributed by atoms with van der Waals surface area (Å²) in [7, 11) is 4.13. The summed E-state index contributed by atoms with van der Waals surface area (Å²) in [6, 6.07) is 19.8. The number of carbonyl (C=O) groups is 1. The molecule has 154 valence electrons. The van der Waals surface area contributed by atoms with Crippen LogP contribution in [0.1, 0.15) is 24.4 Å². The molecular formula is C24H33N4O+. The van der Waals surface area contributed by atoms with Crippen molar-refractivity contribution in [1.82, 2.24) is 5.32 Å². The molecule has 0 unspecified atom stereocenters. The zero-order valence-electron chi connectivity index (χ0n) is 17.6. The van der Waals surface area contributed by atoms with Crippen LogP contribution in [0, 0.1) is 5.92 Å². The molecule has 5 nitrogen and oxygen atoms in total. The predicted octanol–water partition coefficient (Wildman–Crippen LogP) is 1.73. The smallest absolute Gasteiger partial charge is 0.223 e. The highest BCUT2D eigenvalue weighted by Gasteiger charge is 2.33. The maximum Gasteiger partial charge on any atom is 0.223 e. The summed E-state index contributed by atoms with van der Waals surface area (Å²) in [4.78, 5) is 18.4. The number of benzene rings is 2. The fourth-order valence-electron chi connectivity index (χ4n) is 4.23. The summed E-state index contributed by atoms with van der Waals surface area (Å²) < 4.78 is 0. The van der Waals surface area contributed by atoms with Crippen LogP contribution in [0.25, 0.3) is 0 Å². The number of carbonyl (C=O) groups excluding carboxylic acids is 1. The molecule has 5 heteroatoms. The van der Waals surface area contributed by atoms with E-state index in [1.165, 1.54) is 16.9 Å². The Morgan fingerprint density at radius 2 is 1.72 bits per heavy atom. The largest absolute Gasteiger partial charge is 0.378 e. The number of quaternary nitrogens is 1. The van der Waals surface area contributed by atoms with Gasteiger partial charge in [0.15, 0.2) is 0 Å². The van der Waals surface area contributed by atoms with E-state index in [1.807, 2.05) is 0 Å². The molecule has 2 fully saturated rings. The Morgan fingerprint density at radius 1 is 1.07 bits per heavy atom. The molecule has 0 spiro atoms. The highest BCUT2D eigenvalue weighted by molar-refractivity contribution is 5.80. The van der Waals surface area contributed by atoms with Gasteiger partial charge >= 0.3 is 0 Å². The molecule has 1 aliphatic heterocycles. The molecule has 1 aliphatic carbocycles. The number of nitrogens with zero attached hydrogens (tertiary/aromatic N) is 2. The molecule has 2 aromatic rings. The van der Waals surface area contributed by atoms with Crippen LogP contribution in [0.15, 0.2) is 54.6 Å². The van der Waals surface area contributed by atoms with Crippen LogP contribution in [0.4, 0.5) is 11.4 Å². The molecule has 1 saturated heterocycles. The van der Waals surface area contributed by atoms with Crippen LogP contribution in [0.2, 0.25) is 0 Å². The van der Waals surface area contributed by atoms with Crippen LogP contribution < -0.4 is 20.0 Å². The van der Waals surface area contributed by atoms with Crippen LogP contribution >= 0.6 is 0 Å². The molecule has 2 aromatic carbocycles. The van der Waals surface area contributed by atoms with Crippen LogP contribution in [0.5, 0.6) is 0 Å². The highest BCUT2D eigenvalue weighted by atomic mass is 16.2. The zero-order chi connectivity index (χ0) is 20.2. The van der Waals surface area contributed by atoms with Crippen molar-refractivity contribution < 1.29 is 9.69 Å². The Hall–Kier alpha value is -2.53. The average molecular weight is 394 g/mol.